The topological polar surface area (TPSA) is 38.5 Å². The molecule has 0 amide bonds. The van der Waals surface area contributed by atoms with E-state index in [2.05, 4.69) is 10.3 Å². The molecular formula is C15H18ClN3OS2. The van der Waals surface area contributed by atoms with Crippen molar-refractivity contribution in [1.82, 2.24) is 9.88 Å². The second-order valence-corrected chi connectivity index (χ2v) is 6.26. The summed E-state index contributed by atoms with van der Waals surface area (Å²) in [5.41, 5.74) is 1.06. The van der Waals surface area contributed by atoms with Gasteiger partial charge < -0.3 is 14.6 Å². The third kappa shape index (κ3) is 5.21. The number of rotatable bonds is 6. The lowest BCUT2D eigenvalue weighted by Gasteiger charge is -2.06. The van der Waals surface area contributed by atoms with Crippen molar-refractivity contribution in [3.63, 3.8) is 0 Å². The van der Waals surface area contributed by atoms with E-state index in [1.807, 2.05) is 40.4 Å². The average Bonchev–Trinajstić information content (AvgIpc) is 2.93. The molecule has 4 nitrogen and oxygen atoms in total. The molecule has 1 heterocycles. The highest BCUT2D eigenvalue weighted by molar-refractivity contribution is 7.80. The van der Waals surface area contributed by atoms with Gasteiger partial charge in [0, 0.05) is 36.9 Å². The van der Waals surface area contributed by atoms with Crippen molar-refractivity contribution >= 4 is 40.3 Å². The number of methoxy groups -OCH3 is 1. The van der Waals surface area contributed by atoms with E-state index in [9.17, 15) is 0 Å². The van der Waals surface area contributed by atoms with Gasteiger partial charge in [0.25, 0.3) is 0 Å². The van der Waals surface area contributed by atoms with Crippen molar-refractivity contribution in [2.24, 2.45) is 4.99 Å². The van der Waals surface area contributed by atoms with Gasteiger partial charge in [-0.2, -0.15) is 4.99 Å². The molecule has 0 aliphatic heterocycles. The standard InChI is InChI=1S/C15H18ClN3OS2/c1-20-9-4-7-17-14(21)18-15-19(8-10-22-15)11-12-5-2-3-6-13(12)16/h2-3,5-6,8,10H,4,7,9,11H2,1H3,(H,17,21)/b18-15-. The van der Waals surface area contributed by atoms with Crippen LogP contribution in [0.4, 0.5) is 0 Å². The van der Waals surface area contributed by atoms with Crippen LogP contribution in [-0.4, -0.2) is 29.9 Å². The predicted molar refractivity (Wildman–Crippen MR) is 95.5 cm³/mol. The molecule has 0 atom stereocenters. The lowest BCUT2D eigenvalue weighted by atomic mass is 10.2. The first-order valence-corrected chi connectivity index (χ1v) is 8.56. The molecule has 0 bridgehead atoms. The monoisotopic (exact) mass is 355 g/mol. The molecule has 0 aliphatic carbocycles. The predicted octanol–water partition coefficient (Wildman–Crippen LogP) is 3.06. The Hall–Kier alpha value is -1.21. The Morgan fingerprint density at radius 1 is 1.45 bits per heavy atom. The van der Waals surface area contributed by atoms with Crippen LogP contribution >= 0.6 is 35.2 Å². The Labute approximate surface area is 144 Å². The van der Waals surface area contributed by atoms with Gasteiger partial charge in [0.05, 0.1) is 6.54 Å². The van der Waals surface area contributed by atoms with Gasteiger partial charge in [0.1, 0.15) is 0 Å². The number of thiocarbonyl (C=S) groups is 1. The molecule has 0 fully saturated rings. The Bertz CT molecular complexity index is 681. The molecule has 2 aromatic rings. The van der Waals surface area contributed by atoms with E-state index in [-0.39, 0.29) is 0 Å². The molecule has 1 aromatic heterocycles. The summed E-state index contributed by atoms with van der Waals surface area (Å²) in [6.45, 7) is 2.14. The number of thiazole rings is 1. The molecule has 0 radical (unpaired) electrons. The number of hydrogen-bond acceptors (Lipinski definition) is 3. The number of ether oxygens (including phenoxy) is 1. The second kappa shape index (κ2) is 9.05. The van der Waals surface area contributed by atoms with Crippen LogP contribution in [0.15, 0.2) is 40.8 Å². The quantitative estimate of drug-likeness (QED) is 0.639. The SMILES string of the molecule is COCCCNC(=S)/N=c1\sccn1Cc1ccccc1Cl. The Balaban J connectivity index is 2.04. The summed E-state index contributed by atoms with van der Waals surface area (Å²) in [4.78, 5) is 5.31. The summed E-state index contributed by atoms with van der Waals surface area (Å²) in [6, 6.07) is 7.81. The highest BCUT2D eigenvalue weighted by Crippen LogP contribution is 2.15. The number of nitrogens with one attached hydrogen (secondary N) is 1. The summed E-state index contributed by atoms with van der Waals surface area (Å²) >= 11 is 13.0. The van der Waals surface area contributed by atoms with Gasteiger partial charge in [-0.15, -0.1) is 11.3 Å². The fourth-order valence-electron chi connectivity index (χ4n) is 1.86. The van der Waals surface area contributed by atoms with Crippen molar-refractivity contribution in [1.29, 1.82) is 0 Å². The Kier molecular flexibility index (Phi) is 7.05. The molecule has 0 spiro atoms. The normalized spacial score (nSPS) is 11.6. The lowest BCUT2D eigenvalue weighted by molar-refractivity contribution is 0.195. The van der Waals surface area contributed by atoms with Gasteiger partial charge >= 0.3 is 0 Å². The molecule has 22 heavy (non-hydrogen) atoms. The third-order valence-corrected chi connectivity index (χ3v) is 4.36. The van der Waals surface area contributed by atoms with Crippen molar-refractivity contribution in [3.05, 3.63) is 51.2 Å². The van der Waals surface area contributed by atoms with Gasteiger partial charge in [-0.25, -0.2) is 0 Å². The van der Waals surface area contributed by atoms with E-state index in [0.29, 0.717) is 18.3 Å². The number of aromatic nitrogens is 1. The van der Waals surface area contributed by atoms with Crippen molar-refractivity contribution < 1.29 is 4.74 Å². The van der Waals surface area contributed by atoms with Crippen LogP contribution in [0.1, 0.15) is 12.0 Å². The summed E-state index contributed by atoms with van der Waals surface area (Å²) in [5.74, 6) is 0. The molecule has 0 aliphatic rings. The minimum atomic E-state index is 0.492. The van der Waals surface area contributed by atoms with Gasteiger partial charge in [-0.3, -0.25) is 0 Å². The van der Waals surface area contributed by atoms with Crippen LogP contribution in [-0.2, 0) is 11.3 Å². The highest BCUT2D eigenvalue weighted by Gasteiger charge is 2.02. The number of nitrogens with zero attached hydrogens (tertiary/aromatic N) is 2. The Morgan fingerprint density at radius 2 is 2.27 bits per heavy atom. The molecule has 1 N–H and O–H groups in total. The van der Waals surface area contributed by atoms with Crippen LogP contribution in [0, 0.1) is 0 Å². The van der Waals surface area contributed by atoms with Crippen LogP contribution < -0.4 is 10.1 Å². The van der Waals surface area contributed by atoms with Crippen molar-refractivity contribution in [3.8, 4) is 0 Å². The highest BCUT2D eigenvalue weighted by atomic mass is 35.5. The summed E-state index contributed by atoms with van der Waals surface area (Å²) in [7, 11) is 1.69. The van der Waals surface area contributed by atoms with Crippen molar-refractivity contribution in [2.75, 3.05) is 20.3 Å². The van der Waals surface area contributed by atoms with Gasteiger partial charge in [0.15, 0.2) is 9.91 Å². The molecule has 2 rings (SSSR count). The van der Waals surface area contributed by atoms with Gasteiger partial charge in [-0.05, 0) is 30.3 Å². The molecule has 7 heteroatoms. The maximum absolute atomic E-state index is 6.21. The third-order valence-electron chi connectivity index (χ3n) is 2.96. The minimum Gasteiger partial charge on any atom is -0.385 e. The zero-order chi connectivity index (χ0) is 15.8. The molecule has 1 aromatic carbocycles. The van der Waals surface area contributed by atoms with Gasteiger partial charge in [-0.1, -0.05) is 29.8 Å². The number of benzene rings is 1. The van der Waals surface area contributed by atoms with E-state index >= 15 is 0 Å². The second-order valence-electron chi connectivity index (χ2n) is 4.59. The number of halogens is 1. The van der Waals surface area contributed by atoms with E-state index < -0.39 is 0 Å². The summed E-state index contributed by atoms with van der Waals surface area (Å²) in [5, 5.41) is 6.35. The summed E-state index contributed by atoms with van der Waals surface area (Å²) in [6.07, 6.45) is 2.89. The van der Waals surface area contributed by atoms with E-state index in [1.165, 1.54) is 0 Å². The first kappa shape index (κ1) is 17.1. The van der Waals surface area contributed by atoms with Crippen LogP contribution in [0.5, 0.6) is 0 Å². The molecule has 118 valence electrons. The molecule has 0 saturated carbocycles. The maximum atomic E-state index is 6.21. The van der Waals surface area contributed by atoms with E-state index in [0.717, 1.165) is 28.4 Å². The van der Waals surface area contributed by atoms with E-state index in [1.54, 1.807) is 18.4 Å². The maximum Gasteiger partial charge on any atom is 0.195 e. The number of hydrogen-bond donors (Lipinski definition) is 1. The zero-order valence-corrected chi connectivity index (χ0v) is 14.7. The largest absolute Gasteiger partial charge is 0.385 e. The Morgan fingerprint density at radius 3 is 3.05 bits per heavy atom. The summed E-state index contributed by atoms with van der Waals surface area (Å²) < 4.78 is 7.03. The van der Waals surface area contributed by atoms with Crippen LogP contribution in [0.3, 0.4) is 0 Å². The molecule has 0 unspecified atom stereocenters. The lowest BCUT2D eigenvalue weighted by Crippen LogP contribution is -2.25. The van der Waals surface area contributed by atoms with Crippen molar-refractivity contribution in [2.45, 2.75) is 13.0 Å². The first-order chi connectivity index (χ1) is 10.7. The molecular weight excluding hydrogens is 338 g/mol. The molecule has 0 saturated heterocycles. The fraction of sp³-hybridized carbons (Fsp3) is 0.333. The minimum absolute atomic E-state index is 0.492. The zero-order valence-electron chi connectivity index (χ0n) is 12.3. The van der Waals surface area contributed by atoms with Gasteiger partial charge in [0.2, 0.25) is 0 Å². The van der Waals surface area contributed by atoms with Crippen LogP contribution in [0.25, 0.3) is 0 Å². The average molecular weight is 356 g/mol. The fourth-order valence-corrected chi connectivity index (χ4v) is 3.03. The van der Waals surface area contributed by atoms with E-state index in [4.69, 9.17) is 28.6 Å². The first-order valence-electron chi connectivity index (χ1n) is 6.89. The smallest absolute Gasteiger partial charge is 0.195 e. The van der Waals surface area contributed by atoms with Crippen LogP contribution in [0.2, 0.25) is 5.02 Å².